The molecule has 9 atom stereocenters. The van der Waals surface area contributed by atoms with Gasteiger partial charge in [-0.15, -0.1) is 0 Å². The van der Waals surface area contributed by atoms with Crippen molar-refractivity contribution in [1.29, 1.82) is 0 Å². The lowest BCUT2D eigenvalue weighted by Gasteiger charge is -2.39. The molecule has 1 aromatic carbocycles. The Morgan fingerprint density at radius 3 is 2.32 bits per heavy atom. The fourth-order valence-corrected chi connectivity index (χ4v) is 8.56. The van der Waals surface area contributed by atoms with Crippen LogP contribution in [0, 0.1) is 11.8 Å². The molecule has 4 N–H and O–H groups in total. The van der Waals surface area contributed by atoms with Crippen molar-refractivity contribution in [2.75, 3.05) is 32.1 Å². The Morgan fingerprint density at radius 1 is 0.877 bits per heavy atom. The van der Waals surface area contributed by atoms with E-state index in [0.717, 1.165) is 0 Å². The predicted octanol–water partition coefficient (Wildman–Crippen LogP) is 2.25. The number of urea groups is 1. The van der Waals surface area contributed by atoms with Gasteiger partial charge in [-0.3, -0.25) is 24.0 Å². The van der Waals surface area contributed by atoms with Gasteiger partial charge in [-0.2, -0.15) is 0 Å². The number of rotatable bonds is 7. The van der Waals surface area contributed by atoms with Crippen LogP contribution in [0.4, 0.5) is 10.5 Å². The molecule has 16 heteroatoms. The Bertz CT molecular complexity index is 1770. The van der Waals surface area contributed by atoms with Crippen molar-refractivity contribution in [2.45, 2.75) is 114 Å². The van der Waals surface area contributed by atoms with Crippen molar-refractivity contribution >= 4 is 47.2 Å². The average molecular weight is 790 g/mol. The Morgan fingerprint density at radius 2 is 1.60 bits per heavy atom. The molecule has 5 aliphatic rings. The largest absolute Gasteiger partial charge is 0.497 e. The Labute approximate surface area is 333 Å². The minimum atomic E-state index is -1.46. The molecular formula is C41H55N7O9. The number of methoxy groups -OCH3 is 1. The molecule has 6 rings (SSSR count). The van der Waals surface area contributed by atoms with Crippen molar-refractivity contribution in [3.05, 3.63) is 48.6 Å². The van der Waals surface area contributed by atoms with Crippen LogP contribution in [-0.4, -0.2) is 125 Å². The Hall–Kier alpha value is -5.41. The molecule has 0 aromatic heterocycles. The average Bonchev–Trinajstić information content (AvgIpc) is 3.86. The number of piperidine rings is 1. The molecule has 1 unspecified atom stereocenters. The second-order valence-corrected chi connectivity index (χ2v) is 15.9. The number of carbonyl (C=O) groups is 7. The van der Waals surface area contributed by atoms with E-state index in [1.807, 2.05) is 31.2 Å². The molecule has 4 fully saturated rings. The number of hydrogen-bond acceptors (Lipinski definition) is 9. The van der Waals surface area contributed by atoms with Gasteiger partial charge in [-0.25, -0.2) is 9.59 Å². The summed E-state index contributed by atoms with van der Waals surface area (Å²) in [5.74, 6) is -2.94. The molecule has 4 aliphatic heterocycles. The number of cyclic esters (lactones) is 1. The van der Waals surface area contributed by atoms with Crippen molar-refractivity contribution < 1.29 is 43.0 Å². The number of anilines is 1. The van der Waals surface area contributed by atoms with E-state index in [2.05, 4.69) is 21.3 Å². The lowest BCUT2D eigenvalue weighted by atomic mass is 9.92. The van der Waals surface area contributed by atoms with Crippen LogP contribution in [0.1, 0.15) is 72.1 Å². The Kier molecular flexibility index (Phi) is 13.2. The second-order valence-electron chi connectivity index (χ2n) is 15.9. The number of nitrogens with one attached hydrogen (secondary N) is 4. The quantitative estimate of drug-likeness (QED) is 0.300. The van der Waals surface area contributed by atoms with Gasteiger partial charge in [0.25, 0.3) is 0 Å². The molecule has 308 valence electrons. The molecule has 0 radical (unpaired) electrons. The normalized spacial score (nSPS) is 30.1. The summed E-state index contributed by atoms with van der Waals surface area (Å²) in [5.41, 5.74) is 0.461. The van der Waals surface area contributed by atoms with E-state index in [-0.39, 0.29) is 37.3 Å². The van der Waals surface area contributed by atoms with Gasteiger partial charge in [0.1, 0.15) is 48.1 Å². The number of esters is 1. The fraction of sp³-hybridized carbons (Fsp3) is 0.585. The molecule has 7 amide bonds. The smallest absolute Gasteiger partial charge is 0.329 e. The van der Waals surface area contributed by atoms with Crippen LogP contribution in [0.3, 0.4) is 0 Å². The molecule has 0 spiro atoms. The maximum Gasteiger partial charge on any atom is 0.329 e. The number of nitrogens with zero attached hydrogens (tertiary/aromatic N) is 3. The minimum Gasteiger partial charge on any atom is -0.497 e. The van der Waals surface area contributed by atoms with Gasteiger partial charge in [0.2, 0.25) is 29.5 Å². The summed E-state index contributed by atoms with van der Waals surface area (Å²) < 4.78 is 11.2. The number of benzene rings is 1. The number of ether oxygens (including phenoxy) is 2. The maximum atomic E-state index is 14.7. The molecule has 0 saturated carbocycles. The minimum absolute atomic E-state index is 0.0553. The molecule has 0 bridgehead atoms. The van der Waals surface area contributed by atoms with Crippen LogP contribution in [0.2, 0.25) is 0 Å². The highest BCUT2D eigenvalue weighted by Crippen LogP contribution is 2.29. The second kappa shape index (κ2) is 18.2. The van der Waals surface area contributed by atoms with Crippen molar-refractivity contribution in [3.8, 4) is 5.75 Å². The predicted molar refractivity (Wildman–Crippen MR) is 208 cm³/mol. The number of carbonyl (C=O) groups excluding carboxylic acids is 7. The van der Waals surface area contributed by atoms with Gasteiger partial charge in [0.05, 0.1) is 7.11 Å². The molecule has 1 aliphatic carbocycles. The van der Waals surface area contributed by atoms with Crippen molar-refractivity contribution in [3.63, 3.8) is 0 Å². The highest BCUT2D eigenvalue weighted by atomic mass is 16.5. The highest BCUT2D eigenvalue weighted by Gasteiger charge is 2.47. The summed E-state index contributed by atoms with van der Waals surface area (Å²) in [5, 5.41) is 11.1. The van der Waals surface area contributed by atoms with E-state index in [4.69, 9.17) is 9.47 Å². The molecule has 1 aromatic rings. The van der Waals surface area contributed by atoms with Gasteiger partial charge in [0, 0.05) is 25.3 Å². The van der Waals surface area contributed by atoms with E-state index in [1.54, 1.807) is 31.2 Å². The van der Waals surface area contributed by atoms with E-state index < -0.39 is 78.0 Å². The molecule has 4 saturated heterocycles. The first-order valence-corrected chi connectivity index (χ1v) is 20.1. The van der Waals surface area contributed by atoms with Crippen LogP contribution >= 0.6 is 0 Å². The van der Waals surface area contributed by atoms with Crippen LogP contribution in [0.25, 0.3) is 0 Å². The molecule has 57 heavy (non-hydrogen) atoms. The summed E-state index contributed by atoms with van der Waals surface area (Å²) in [6, 6.07) is -0.277. The monoisotopic (exact) mass is 789 g/mol. The van der Waals surface area contributed by atoms with Crippen LogP contribution in [-0.2, 0) is 33.5 Å². The first-order valence-electron chi connectivity index (χ1n) is 20.1. The van der Waals surface area contributed by atoms with E-state index >= 15 is 0 Å². The molecule has 16 nitrogen and oxygen atoms in total. The van der Waals surface area contributed by atoms with Crippen molar-refractivity contribution in [1.82, 2.24) is 30.7 Å². The van der Waals surface area contributed by atoms with Gasteiger partial charge >= 0.3 is 12.0 Å². The summed E-state index contributed by atoms with van der Waals surface area (Å²) in [6.45, 7) is 5.75. The molecular weight excluding hydrogens is 734 g/mol. The zero-order chi connectivity index (χ0) is 40.8. The maximum absolute atomic E-state index is 14.7. The SMILES string of the molecule is COc1ccc(NC(=O)N[C@@H](CC2C=CC=CC2)C(=O)N[C@@H]2C(=O)N3CCC[C@H]3C(=O)N3CCCC[C@H]3C(=O)N[C@@H](C)C(=O)N3C[C@H](C)C[C@H]3C(=O)O[C@H]2C)cc1. The van der Waals surface area contributed by atoms with E-state index in [0.29, 0.717) is 62.9 Å². The Balaban J connectivity index is 1.30. The number of fused-ring (bicyclic) bond motifs is 3. The third-order valence-corrected chi connectivity index (χ3v) is 11.6. The topological polar surface area (TPSA) is 196 Å². The van der Waals surface area contributed by atoms with E-state index in [9.17, 15) is 33.6 Å². The summed E-state index contributed by atoms with van der Waals surface area (Å²) in [7, 11) is 1.53. The fourth-order valence-electron chi connectivity index (χ4n) is 8.56. The highest BCUT2D eigenvalue weighted by molar-refractivity contribution is 5.98. The summed E-state index contributed by atoms with van der Waals surface area (Å²) in [4.78, 5) is 103. The standard InChI is InChI=1S/C41H55N7O9/c1-24-21-33-40(54)57-26(3)34(45-35(49)30(22-27-11-6-5-7-12-27)44-41(55)43-28-15-17-29(56-4)18-16-28)39(53)47-20-10-14-32(47)38(52)46-19-9-8-13-31(46)36(50)42-25(2)37(51)48(33)23-24/h5-7,11,15-18,24-27,30-34H,8-10,12-14,19-23H2,1-4H3,(H,42,50)(H,45,49)(H2,43,44,55)/t24-,25+,26+,27?,30+,31+,32+,33+,34+/m1/s1. The third-order valence-electron chi connectivity index (χ3n) is 11.6. The molecule has 4 heterocycles. The van der Waals surface area contributed by atoms with Gasteiger partial charge in [-0.1, -0.05) is 31.2 Å². The van der Waals surface area contributed by atoms with Gasteiger partial charge in [0.15, 0.2) is 0 Å². The lowest BCUT2D eigenvalue weighted by molar-refractivity contribution is -0.163. The number of amides is 7. The van der Waals surface area contributed by atoms with Crippen LogP contribution in [0.5, 0.6) is 5.75 Å². The summed E-state index contributed by atoms with van der Waals surface area (Å²) >= 11 is 0. The van der Waals surface area contributed by atoms with E-state index in [1.165, 1.54) is 28.7 Å². The van der Waals surface area contributed by atoms with Gasteiger partial charge in [-0.05, 0) is 101 Å². The van der Waals surface area contributed by atoms with Crippen LogP contribution < -0.4 is 26.0 Å². The zero-order valence-corrected chi connectivity index (χ0v) is 33.1. The first kappa shape index (κ1) is 41.2. The lowest BCUT2D eigenvalue weighted by Crippen LogP contribution is -2.63. The first-order chi connectivity index (χ1) is 27.3. The third kappa shape index (κ3) is 9.59. The number of hydrogen-bond donors (Lipinski definition) is 4. The number of allylic oxidation sites excluding steroid dienone is 4. The zero-order valence-electron chi connectivity index (χ0n) is 33.1. The van der Waals surface area contributed by atoms with Crippen LogP contribution in [0.15, 0.2) is 48.6 Å². The van der Waals surface area contributed by atoms with Gasteiger partial charge < -0.3 is 45.4 Å². The summed E-state index contributed by atoms with van der Waals surface area (Å²) in [6.07, 6.45) is 10.2. The van der Waals surface area contributed by atoms with Crippen molar-refractivity contribution in [2.24, 2.45) is 11.8 Å².